The van der Waals surface area contributed by atoms with E-state index in [1.165, 1.54) is 6.92 Å². The summed E-state index contributed by atoms with van der Waals surface area (Å²) >= 11 is 0. The zero-order valence-corrected chi connectivity index (χ0v) is 11.0. The van der Waals surface area contributed by atoms with Crippen LogP contribution in [0, 0.1) is 13.8 Å². The molecule has 0 aliphatic rings. The third-order valence-electron chi connectivity index (χ3n) is 2.83. The molecule has 0 saturated carbocycles. The van der Waals surface area contributed by atoms with Gasteiger partial charge in [0.2, 0.25) is 5.91 Å². The summed E-state index contributed by atoms with van der Waals surface area (Å²) in [5.74, 6) is -1.000. The van der Waals surface area contributed by atoms with Crippen molar-refractivity contribution in [2.75, 3.05) is 0 Å². The van der Waals surface area contributed by atoms with Crippen LogP contribution in [0.3, 0.4) is 0 Å². The zero-order valence-electron chi connectivity index (χ0n) is 11.0. The lowest BCUT2D eigenvalue weighted by molar-refractivity contribution is -0.137. The second-order valence-corrected chi connectivity index (χ2v) is 4.55. The van der Waals surface area contributed by atoms with Crippen LogP contribution in [0.15, 0.2) is 18.2 Å². The Kier molecular flexibility index (Phi) is 4.89. The van der Waals surface area contributed by atoms with E-state index in [2.05, 4.69) is 5.32 Å². The molecule has 0 radical (unpaired) electrons. The quantitative estimate of drug-likeness (QED) is 0.841. The Morgan fingerprint density at radius 1 is 1.33 bits per heavy atom. The number of hydrogen-bond acceptors (Lipinski definition) is 2. The number of rotatable bonds is 5. The number of aliphatic carboxylic acids is 1. The summed E-state index contributed by atoms with van der Waals surface area (Å²) in [4.78, 5) is 21.8. The van der Waals surface area contributed by atoms with Crippen LogP contribution < -0.4 is 5.32 Å². The van der Waals surface area contributed by atoms with Gasteiger partial charge in [-0.15, -0.1) is 0 Å². The molecule has 1 amide bonds. The molecule has 0 spiro atoms. The fourth-order valence-corrected chi connectivity index (χ4v) is 2.04. The number of amides is 1. The highest BCUT2D eigenvalue weighted by Crippen LogP contribution is 2.23. The molecule has 1 atom stereocenters. The Balaban J connectivity index is 2.93. The van der Waals surface area contributed by atoms with E-state index in [9.17, 15) is 9.59 Å². The predicted molar refractivity (Wildman–Crippen MR) is 69.3 cm³/mol. The first-order valence-corrected chi connectivity index (χ1v) is 5.96. The summed E-state index contributed by atoms with van der Waals surface area (Å²) in [6.07, 6.45) is 0.442. The predicted octanol–water partition coefficient (Wildman–Crippen LogP) is 2.35. The van der Waals surface area contributed by atoms with Crippen molar-refractivity contribution in [2.24, 2.45) is 0 Å². The SMILES string of the molecule is CC(=O)NC(CCC(=O)O)c1ccc(C)cc1C. The van der Waals surface area contributed by atoms with Crippen LogP contribution in [0.5, 0.6) is 0 Å². The van der Waals surface area contributed by atoms with E-state index >= 15 is 0 Å². The van der Waals surface area contributed by atoms with E-state index in [1.807, 2.05) is 32.0 Å². The average Bonchev–Trinajstić information content (AvgIpc) is 2.24. The van der Waals surface area contributed by atoms with Crippen LogP contribution in [-0.4, -0.2) is 17.0 Å². The van der Waals surface area contributed by atoms with Crippen molar-refractivity contribution in [1.82, 2.24) is 5.32 Å². The minimum atomic E-state index is -0.852. The fraction of sp³-hybridized carbons (Fsp3) is 0.429. The third kappa shape index (κ3) is 4.20. The van der Waals surface area contributed by atoms with E-state index in [0.29, 0.717) is 6.42 Å². The average molecular weight is 249 g/mol. The molecule has 1 aromatic rings. The highest BCUT2D eigenvalue weighted by molar-refractivity contribution is 5.73. The monoisotopic (exact) mass is 249 g/mol. The van der Waals surface area contributed by atoms with Gasteiger partial charge >= 0.3 is 5.97 Å². The highest BCUT2D eigenvalue weighted by Gasteiger charge is 2.16. The molecule has 0 aliphatic carbocycles. The fourth-order valence-electron chi connectivity index (χ4n) is 2.04. The van der Waals surface area contributed by atoms with E-state index in [1.54, 1.807) is 0 Å². The van der Waals surface area contributed by atoms with Crippen LogP contribution >= 0.6 is 0 Å². The number of carbonyl (C=O) groups excluding carboxylic acids is 1. The summed E-state index contributed by atoms with van der Waals surface area (Å²) in [5.41, 5.74) is 3.20. The van der Waals surface area contributed by atoms with Gasteiger partial charge in [-0.1, -0.05) is 23.8 Å². The van der Waals surface area contributed by atoms with Crippen LogP contribution in [0.25, 0.3) is 0 Å². The smallest absolute Gasteiger partial charge is 0.303 e. The molecule has 4 heteroatoms. The summed E-state index contributed by atoms with van der Waals surface area (Å²) in [7, 11) is 0. The maximum Gasteiger partial charge on any atom is 0.303 e. The van der Waals surface area contributed by atoms with E-state index in [-0.39, 0.29) is 18.4 Å². The van der Waals surface area contributed by atoms with Gasteiger partial charge < -0.3 is 10.4 Å². The van der Waals surface area contributed by atoms with Gasteiger partial charge in [0.05, 0.1) is 6.04 Å². The third-order valence-corrected chi connectivity index (χ3v) is 2.83. The Hall–Kier alpha value is -1.84. The van der Waals surface area contributed by atoms with Gasteiger partial charge in [0, 0.05) is 13.3 Å². The summed E-state index contributed by atoms with van der Waals surface area (Å²) in [5, 5.41) is 11.6. The van der Waals surface area contributed by atoms with Crippen molar-refractivity contribution in [2.45, 2.75) is 39.7 Å². The lowest BCUT2D eigenvalue weighted by Crippen LogP contribution is -2.27. The van der Waals surface area contributed by atoms with Crippen molar-refractivity contribution >= 4 is 11.9 Å². The molecule has 1 rings (SSSR count). The molecular weight excluding hydrogens is 230 g/mol. The Bertz CT molecular complexity index is 454. The maximum atomic E-state index is 11.2. The largest absolute Gasteiger partial charge is 0.481 e. The van der Waals surface area contributed by atoms with Crippen molar-refractivity contribution in [3.05, 3.63) is 34.9 Å². The normalized spacial score (nSPS) is 11.9. The Morgan fingerprint density at radius 3 is 2.50 bits per heavy atom. The molecule has 1 unspecified atom stereocenters. The first-order valence-electron chi connectivity index (χ1n) is 5.96. The maximum absolute atomic E-state index is 11.2. The molecule has 0 aliphatic heterocycles. The second-order valence-electron chi connectivity index (χ2n) is 4.55. The number of hydrogen-bond donors (Lipinski definition) is 2. The van der Waals surface area contributed by atoms with Gasteiger partial charge in [-0.3, -0.25) is 9.59 Å². The lowest BCUT2D eigenvalue weighted by Gasteiger charge is -2.20. The van der Waals surface area contributed by atoms with Gasteiger partial charge in [-0.25, -0.2) is 0 Å². The van der Waals surface area contributed by atoms with Crippen molar-refractivity contribution in [3.63, 3.8) is 0 Å². The molecule has 0 fully saturated rings. The first kappa shape index (κ1) is 14.2. The topological polar surface area (TPSA) is 66.4 Å². The van der Waals surface area contributed by atoms with Gasteiger partial charge in [0.25, 0.3) is 0 Å². The van der Waals surface area contributed by atoms with Crippen molar-refractivity contribution < 1.29 is 14.7 Å². The molecule has 1 aromatic carbocycles. The van der Waals surface area contributed by atoms with Crippen molar-refractivity contribution in [1.29, 1.82) is 0 Å². The van der Waals surface area contributed by atoms with Gasteiger partial charge in [0.1, 0.15) is 0 Å². The standard InChI is InChI=1S/C14H19NO3/c1-9-4-5-12(10(2)8-9)13(15-11(3)16)6-7-14(17)18/h4-5,8,13H,6-7H2,1-3H3,(H,15,16)(H,17,18). The Morgan fingerprint density at radius 2 is 2.00 bits per heavy atom. The lowest BCUT2D eigenvalue weighted by atomic mass is 9.96. The number of carboxylic acids is 1. The number of aryl methyl sites for hydroxylation is 2. The number of carboxylic acid groups (broad SMARTS) is 1. The number of carbonyl (C=O) groups is 2. The second kappa shape index (κ2) is 6.19. The van der Waals surface area contributed by atoms with Crippen LogP contribution in [-0.2, 0) is 9.59 Å². The molecule has 0 aromatic heterocycles. The van der Waals surface area contributed by atoms with Crippen molar-refractivity contribution in [3.8, 4) is 0 Å². The first-order chi connectivity index (χ1) is 8.40. The van der Waals surface area contributed by atoms with E-state index in [4.69, 9.17) is 5.11 Å². The minimum Gasteiger partial charge on any atom is -0.481 e. The Labute approximate surface area is 107 Å². The van der Waals surface area contributed by atoms with Crippen LogP contribution in [0.4, 0.5) is 0 Å². The highest BCUT2D eigenvalue weighted by atomic mass is 16.4. The van der Waals surface area contributed by atoms with E-state index in [0.717, 1.165) is 16.7 Å². The molecule has 0 heterocycles. The van der Waals surface area contributed by atoms with Crippen LogP contribution in [0.1, 0.15) is 42.5 Å². The summed E-state index contributed by atoms with van der Waals surface area (Å²) in [6.45, 7) is 5.41. The van der Waals surface area contributed by atoms with E-state index < -0.39 is 5.97 Å². The zero-order chi connectivity index (χ0) is 13.7. The molecule has 0 bridgehead atoms. The number of nitrogens with one attached hydrogen (secondary N) is 1. The molecule has 0 saturated heterocycles. The van der Waals surface area contributed by atoms with Gasteiger partial charge in [0.15, 0.2) is 0 Å². The van der Waals surface area contributed by atoms with Gasteiger partial charge in [-0.2, -0.15) is 0 Å². The van der Waals surface area contributed by atoms with Gasteiger partial charge in [-0.05, 0) is 31.4 Å². The molecular formula is C14H19NO3. The number of benzene rings is 1. The molecule has 2 N–H and O–H groups in total. The summed E-state index contributed by atoms with van der Waals surface area (Å²) in [6, 6.07) is 5.72. The molecule has 98 valence electrons. The van der Waals surface area contributed by atoms with Crippen LogP contribution in [0.2, 0.25) is 0 Å². The minimum absolute atomic E-state index is 0.0399. The molecule has 18 heavy (non-hydrogen) atoms. The summed E-state index contributed by atoms with van der Waals surface area (Å²) < 4.78 is 0. The molecule has 4 nitrogen and oxygen atoms in total.